The summed E-state index contributed by atoms with van der Waals surface area (Å²) < 4.78 is 5.13. The van der Waals surface area contributed by atoms with Crippen LogP contribution in [-0.4, -0.2) is 18.7 Å². The molecule has 142 valence electrons. The van der Waals surface area contributed by atoms with Crippen LogP contribution >= 0.6 is 0 Å². The number of amides is 1. The van der Waals surface area contributed by atoms with Gasteiger partial charge in [0.05, 0.1) is 19.2 Å². The number of carbonyl (C=O) groups excluding carboxylic acids is 1. The second kappa shape index (κ2) is 9.36. The summed E-state index contributed by atoms with van der Waals surface area (Å²) >= 11 is 0. The van der Waals surface area contributed by atoms with E-state index in [-0.39, 0.29) is 5.91 Å². The number of hydrogen-bond acceptors (Lipinski definition) is 3. The molecule has 0 saturated heterocycles. The van der Waals surface area contributed by atoms with Gasteiger partial charge in [0, 0.05) is 0 Å². The van der Waals surface area contributed by atoms with E-state index in [0.29, 0.717) is 12.3 Å². The largest absolute Gasteiger partial charge is 0.497 e. The van der Waals surface area contributed by atoms with Gasteiger partial charge in [-0.1, -0.05) is 55.7 Å². The van der Waals surface area contributed by atoms with Crippen LogP contribution in [-0.2, 0) is 11.2 Å². The number of benzene rings is 2. The predicted octanol–water partition coefficient (Wildman–Crippen LogP) is 4.83. The molecule has 2 aromatic carbocycles. The van der Waals surface area contributed by atoms with Crippen molar-refractivity contribution in [3.63, 3.8) is 0 Å². The molecule has 3 rings (SSSR count). The van der Waals surface area contributed by atoms with Gasteiger partial charge in [-0.25, -0.2) is 5.43 Å². The normalized spacial score (nSPS) is 15.4. The molecule has 2 aromatic rings. The van der Waals surface area contributed by atoms with Crippen molar-refractivity contribution in [2.45, 2.75) is 51.4 Å². The summed E-state index contributed by atoms with van der Waals surface area (Å²) in [6, 6.07) is 16.1. The van der Waals surface area contributed by atoms with Gasteiger partial charge in [-0.05, 0) is 54.5 Å². The smallest absolute Gasteiger partial charge is 0.244 e. The van der Waals surface area contributed by atoms with Gasteiger partial charge >= 0.3 is 0 Å². The molecule has 0 atom stereocenters. The molecule has 0 aromatic heterocycles. The maximum atomic E-state index is 12.1. The van der Waals surface area contributed by atoms with Crippen LogP contribution in [0, 0.1) is 0 Å². The van der Waals surface area contributed by atoms with Crippen molar-refractivity contribution in [2.75, 3.05) is 7.11 Å². The monoisotopic (exact) mass is 364 g/mol. The lowest BCUT2D eigenvalue weighted by molar-refractivity contribution is -0.120. The average molecular weight is 364 g/mol. The van der Waals surface area contributed by atoms with Gasteiger partial charge in [0.15, 0.2) is 0 Å². The summed E-state index contributed by atoms with van der Waals surface area (Å²) in [6.07, 6.45) is 6.94. The Bertz CT molecular complexity index is 773. The van der Waals surface area contributed by atoms with Crippen LogP contribution in [0.1, 0.15) is 61.6 Å². The number of methoxy groups -OCH3 is 1. The van der Waals surface area contributed by atoms with Crippen LogP contribution in [0.25, 0.3) is 0 Å². The average Bonchev–Trinajstić information content (AvgIpc) is 2.73. The first-order valence-corrected chi connectivity index (χ1v) is 9.72. The lowest BCUT2D eigenvalue weighted by atomic mass is 9.84. The highest BCUT2D eigenvalue weighted by Gasteiger charge is 2.15. The van der Waals surface area contributed by atoms with E-state index in [9.17, 15) is 4.79 Å². The molecule has 0 heterocycles. The van der Waals surface area contributed by atoms with Gasteiger partial charge in [0.1, 0.15) is 5.75 Å². The molecule has 0 unspecified atom stereocenters. The molecule has 4 heteroatoms. The fourth-order valence-corrected chi connectivity index (χ4v) is 3.61. The molecule has 0 spiro atoms. The molecule has 1 fully saturated rings. The SMILES string of the molecule is COc1ccc(CC(=O)NN=C(C)c2ccc(C3CCCCC3)cc2)cc1. The molecule has 0 aliphatic heterocycles. The highest BCUT2D eigenvalue weighted by atomic mass is 16.5. The minimum absolute atomic E-state index is 0.127. The van der Waals surface area contributed by atoms with Crippen molar-refractivity contribution in [1.29, 1.82) is 0 Å². The van der Waals surface area contributed by atoms with Crippen LogP contribution < -0.4 is 10.2 Å². The standard InChI is InChI=1S/C23H28N2O2/c1-17(19-10-12-21(13-11-19)20-6-4-3-5-7-20)24-25-23(26)16-18-8-14-22(27-2)15-9-18/h8-15,20H,3-7,16H2,1-2H3,(H,25,26). The minimum Gasteiger partial charge on any atom is -0.497 e. The third-order valence-corrected chi connectivity index (χ3v) is 5.28. The first-order chi connectivity index (χ1) is 13.2. The predicted molar refractivity (Wildman–Crippen MR) is 109 cm³/mol. The molecule has 1 amide bonds. The molecule has 1 aliphatic carbocycles. The van der Waals surface area contributed by atoms with E-state index >= 15 is 0 Å². The van der Waals surface area contributed by atoms with Gasteiger partial charge in [-0.2, -0.15) is 5.10 Å². The number of hydrazone groups is 1. The summed E-state index contributed by atoms with van der Waals surface area (Å²) in [7, 11) is 1.63. The number of ether oxygens (including phenoxy) is 1. The molecule has 4 nitrogen and oxygen atoms in total. The van der Waals surface area contributed by atoms with Gasteiger partial charge in [-0.3, -0.25) is 4.79 Å². The van der Waals surface area contributed by atoms with Crippen molar-refractivity contribution in [1.82, 2.24) is 5.43 Å². The molecule has 0 radical (unpaired) electrons. The van der Waals surface area contributed by atoms with Crippen molar-refractivity contribution in [3.05, 3.63) is 65.2 Å². The topological polar surface area (TPSA) is 50.7 Å². The number of nitrogens with zero attached hydrogens (tertiary/aromatic N) is 1. The Hall–Kier alpha value is -2.62. The zero-order valence-electron chi connectivity index (χ0n) is 16.2. The summed E-state index contributed by atoms with van der Waals surface area (Å²) in [4.78, 5) is 12.1. The number of rotatable bonds is 6. The zero-order chi connectivity index (χ0) is 19.1. The third-order valence-electron chi connectivity index (χ3n) is 5.28. The third kappa shape index (κ3) is 5.43. The van der Waals surface area contributed by atoms with Crippen LogP contribution in [0.15, 0.2) is 53.6 Å². The maximum absolute atomic E-state index is 12.1. The molecule has 27 heavy (non-hydrogen) atoms. The van der Waals surface area contributed by atoms with E-state index in [1.54, 1.807) is 7.11 Å². The first-order valence-electron chi connectivity index (χ1n) is 9.72. The second-order valence-corrected chi connectivity index (χ2v) is 7.21. The Labute approximate surface area is 161 Å². The molecule has 1 aliphatic rings. The second-order valence-electron chi connectivity index (χ2n) is 7.21. The van der Waals surface area contributed by atoms with Crippen LogP contribution in [0.4, 0.5) is 0 Å². The van der Waals surface area contributed by atoms with E-state index in [4.69, 9.17) is 4.74 Å². The number of carbonyl (C=O) groups is 1. The van der Waals surface area contributed by atoms with Gasteiger partial charge in [-0.15, -0.1) is 0 Å². The zero-order valence-corrected chi connectivity index (χ0v) is 16.2. The molecular weight excluding hydrogens is 336 g/mol. The number of hydrogen-bond donors (Lipinski definition) is 1. The quantitative estimate of drug-likeness (QED) is 0.590. The van der Waals surface area contributed by atoms with E-state index in [2.05, 4.69) is 34.8 Å². The highest BCUT2D eigenvalue weighted by Crippen LogP contribution is 2.32. The summed E-state index contributed by atoms with van der Waals surface area (Å²) in [6.45, 7) is 1.92. The molecule has 1 N–H and O–H groups in total. The Morgan fingerprint density at radius 1 is 1.04 bits per heavy atom. The van der Waals surface area contributed by atoms with Crippen molar-refractivity contribution in [2.24, 2.45) is 5.10 Å². The van der Waals surface area contributed by atoms with Crippen molar-refractivity contribution in [3.8, 4) is 5.75 Å². The highest BCUT2D eigenvalue weighted by molar-refractivity contribution is 5.99. The van der Waals surface area contributed by atoms with Gasteiger partial charge < -0.3 is 4.74 Å². The lowest BCUT2D eigenvalue weighted by Gasteiger charge is -2.22. The van der Waals surface area contributed by atoms with Gasteiger partial charge in [0.25, 0.3) is 0 Å². The van der Waals surface area contributed by atoms with E-state index in [1.165, 1.54) is 37.7 Å². The van der Waals surface area contributed by atoms with Crippen molar-refractivity contribution < 1.29 is 9.53 Å². The minimum atomic E-state index is -0.127. The van der Waals surface area contributed by atoms with E-state index < -0.39 is 0 Å². The van der Waals surface area contributed by atoms with Crippen LogP contribution in [0.5, 0.6) is 5.75 Å². The van der Waals surface area contributed by atoms with Crippen LogP contribution in [0.3, 0.4) is 0 Å². The molecular formula is C23H28N2O2. The van der Waals surface area contributed by atoms with E-state index in [1.807, 2.05) is 31.2 Å². The summed E-state index contributed by atoms with van der Waals surface area (Å²) in [5, 5.41) is 4.26. The molecule has 0 bridgehead atoms. The first kappa shape index (κ1) is 19.2. The fourth-order valence-electron chi connectivity index (χ4n) is 3.61. The Kier molecular flexibility index (Phi) is 6.64. The van der Waals surface area contributed by atoms with Crippen LogP contribution in [0.2, 0.25) is 0 Å². The van der Waals surface area contributed by atoms with Gasteiger partial charge in [0.2, 0.25) is 5.91 Å². The number of nitrogens with one attached hydrogen (secondary N) is 1. The maximum Gasteiger partial charge on any atom is 0.244 e. The fraction of sp³-hybridized carbons (Fsp3) is 0.391. The Morgan fingerprint density at radius 3 is 2.33 bits per heavy atom. The Morgan fingerprint density at radius 2 is 1.70 bits per heavy atom. The molecule has 1 saturated carbocycles. The summed E-state index contributed by atoms with van der Waals surface area (Å²) in [5.74, 6) is 1.36. The van der Waals surface area contributed by atoms with Crippen molar-refractivity contribution >= 4 is 11.6 Å². The van der Waals surface area contributed by atoms with E-state index in [0.717, 1.165) is 22.6 Å². The lowest BCUT2D eigenvalue weighted by Crippen LogP contribution is -2.21. The summed E-state index contributed by atoms with van der Waals surface area (Å²) in [5.41, 5.74) is 6.86. The Balaban J connectivity index is 1.55.